The van der Waals surface area contributed by atoms with E-state index in [2.05, 4.69) is 15.6 Å². The van der Waals surface area contributed by atoms with Gasteiger partial charge in [0.2, 0.25) is 5.91 Å². The molecule has 1 unspecified atom stereocenters. The van der Waals surface area contributed by atoms with Crippen molar-refractivity contribution in [2.45, 2.75) is 23.1 Å². The van der Waals surface area contributed by atoms with E-state index in [-0.39, 0.29) is 17.9 Å². The number of halogens is 1. The van der Waals surface area contributed by atoms with E-state index in [0.29, 0.717) is 5.69 Å². The molecule has 154 valence electrons. The monoisotopic (exact) mass is 424 g/mol. The van der Waals surface area contributed by atoms with Crippen LogP contribution in [0.25, 0.3) is 0 Å². The number of carbonyl (C=O) groups excluding carboxylic acids is 2. The lowest BCUT2D eigenvalue weighted by atomic mass is 10.0. The van der Waals surface area contributed by atoms with Gasteiger partial charge in [-0.05, 0) is 42.0 Å². The van der Waals surface area contributed by atoms with Gasteiger partial charge < -0.3 is 16.4 Å². The first kappa shape index (κ1) is 21.3. The summed E-state index contributed by atoms with van der Waals surface area (Å²) < 4.78 is 14.1. The molecule has 0 fully saturated rings. The van der Waals surface area contributed by atoms with Crippen molar-refractivity contribution in [2.75, 3.05) is 5.32 Å². The number of nitrogens with zero attached hydrogens (tertiary/aromatic N) is 1. The Labute approximate surface area is 178 Å². The maximum atomic E-state index is 14.1. The van der Waals surface area contributed by atoms with Crippen LogP contribution in [0.5, 0.6) is 0 Å². The molecule has 0 aliphatic rings. The second-order valence-corrected chi connectivity index (χ2v) is 7.56. The Morgan fingerprint density at radius 1 is 1.07 bits per heavy atom. The lowest BCUT2D eigenvalue weighted by Gasteiger charge is -2.18. The second-order valence-electron chi connectivity index (χ2n) is 6.51. The largest absolute Gasteiger partial charge is 0.352 e. The number of hydrogen-bond acceptors (Lipinski definition) is 4. The van der Waals surface area contributed by atoms with Crippen molar-refractivity contribution in [3.8, 4) is 0 Å². The molecule has 6 nitrogen and oxygen atoms in total. The fourth-order valence-electron chi connectivity index (χ4n) is 2.85. The highest BCUT2D eigenvalue weighted by atomic mass is 32.2. The SMILES string of the molecule is NC(=O)NC(CC(=O)Nc1ccc(SCc2cccnc2)cc1)c1ccccc1F. The lowest BCUT2D eigenvalue weighted by Crippen LogP contribution is -2.35. The quantitative estimate of drug-likeness (QED) is 0.471. The van der Waals surface area contributed by atoms with Crippen molar-refractivity contribution in [1.82, 2.24) is 10.3 Å². The molecule has 1 atom stereocenters. The van der Waals surface area contributed by atoms with Gasteiger partial charge in [-0.2, -0.15) is 0 Å². The summed E-state index contributed by atoms with van der Waals surface area (Å²) in [4.78, 5) is 28.9. The van der Waals surface area contributed by atoms with Gasteiger partial charge in [-0.1, -0.05) is 24.3 Å². The molecule has 0 spiro atoms. The Hall–Kier alpha value is -3.39. The molecule has 2 aromatic carbocycles. The number of nitrogens with two attached hydrogens (primary N) is 1. The number of aromatic nitrogens is 1. The average molecular weight is 425 g/mol. The van der Waals surface area contributed by atoms with Crippen molar-refractivity contribution in [1.29, 1.82) is 0 Å². The van der Waals surface area contributed by atoms with Crippen LogP contribution in [0.1, 0.15) is 23.6 Å². The van der Waals surface area contributed by atoms with Gasteiger partial charge in [0.25, 0.3) is 0 Å². The molecule has 0 bridgehead atoms. The number of amides is 3. The minimum atomic E-state index is -0.863. The van der Waals surface area contributed by atoms with Gasteiger partial charge in [0.05, 0.1) is 12.5 Å². The first-order chi connectivity index (χ1) is 14.5. The number of rotatable bonds is 8. The van der Waals surface area contributed by atoms with E-state index < -0.39 is 17.9 Å². The number of primary amides is 1. The summed E-state index contributed by atoms with van der Waals surface area (Å²) >= 11 is 1.66. The zero-order chi connectivity index (χ0) is 21.3. The fraction of sp³-hybridized carbons (Fsp3) is 0.136. The van der Waals surface area contributed by atoms with Gasteiger partial charge in [0.1, 0.15) is 5.82 Å². The third-order valence-corrected chi connectivity index (χ3v) is 5.34. The molecule has 1 aromatic heterocycles. The van der Waals surface area contributed by atoms with Crippen molar-refractivity contribution in [3.05, 3.63) is 90.0 Å². The van der Waals surface area contributed by atoms with Crippen LogP contribution in [0.2, 0.25) is 0 Å². The molecule has 30 heavy (non-hydrogen) atoms. The number of urea groups is 1. The van der Waals surface area contributed by atoms with E-state index >= 15 is 0 Å². The Morgan fingerprint density at radius 2 is 1.83 bits per heavy atom. The molecule has 0 saturated carbocycles. The van der Waals surface area contributed by atoms with Gasteiger partial charge >= 0.3 is 6.03 Å². The third kappa shape index (κ3) is 6.31. The topological polar surface area (TPSA) is 97.1 Å². The van der Waals surface area contributed by atoms with Crippen LogP contribution in [0.4, 0.5) is 14.9 Å². The fourth-order valence-corrected chi connectivity index (χ4v) is 3.68. The summed E-state index contributed by atoms with van der Waals surface area (Å²) in [6.45, 7) is 0. The Morgan fingerprint density at radius 3 is 2.50 bits per heavy atom. The van der Waals surface area contributed by atoms with Crippen LogP contribution < -0.4 is 16.4 Å². The van der Waals surface area contributed by atoms with E-state index in [0.717, 1.165) is 16.2 Å². The standard InChI is InChI=1S/C22H21FN4O2S/c23-19-6-2-1-5-18(19)20(27-22(24)29)12-21(28)26-16-7-9-17(10-8-16)30-14-15-4-3-11-25-13-15/h1-11,13,20H,12,14H2,(H,26,28)(H3,24,27,29). The summed E-state index contributed by atoms with van der Waals surface area (Å²) in [7, 11) is 0. The Bertz CT molecular complexity index is 1000. The van der Waals surface area contributed by atoms with E-state index in [1.807, 2.05) is 30.5 Å². The second kappa shape index (κ2) is 10.4. The molecule has 0 radical (unpaired) electrons. The lowest BCUT2D eigenvalue weighted by molar-refractivity contribution is -0.116. The van der Waals surface area contributed by atoms with Crippen molar-refractivity contribution < 1.29 is 14.0 Å². The molecule has 3 aromatic rings. The summed E-state index contributed by atoms with van der Waals surface area (Å²) in [6.07, 6.45) is 3.41. The highest BCUT2D eigenvalue weighted by molar-refractivity contribution is 7.98. The van der Waals surface area contributed by atoms with Gasteiger partial charge in [-0.15, -0.1) is 11.8 Å². The van der Waals surface area contributed by atoms with Gasteiger partial charge in [-0.3, -0.25) is 9.78 Å². The van der Waals surface area contributed by atoms with Gasteiger partial charge in [0.15, 0.2) is 0 Å². The smallest absolute Gasteiger partial charge is 0.312 e. The van der Waals surface area contributed by atoms with Crippen LogP contribution in [0.3, 0.4) is 0 Å². The highest BCUT2D eigenvalue weighted by Crippen LogP contribution is 2.25. The van der Waals surface area contributed by atoms with Crippen LogP contribution in [-0.4, -0.2) is 16.9 Å². The van der Waals surface area contributed by atoms with E-state index in [4.69, 9.17) is 5.73 Å². The number of benzene rings is 2. The van der Waals surface area contributed by atoms with Crippen LogP contribution in [0.15, 0.2) is 78.0 Å². The minimum Gasteiger partial charge on any atom is -0.352 e. The summed E-state index contributed by atoms with van der Waals surface area (Å²) in [5.74, 6) is -0.0883. The average Bonchev–Trinajstić information content (AvgIpc) is 2.73. The zero-order valence-electron chi connectivity index (χ0n) is 16.0. The van der Waals surface area contributed by atoms with Crippen LogP contribution >= 0.6 is 11.8 Å². The molecule has 4 N–H and O–H groups in total. The Kier molecular flexibility index (Phi) is 7.40. The number of carbonyl (C=O) groups is 2. The summed E-state index contributed by atoms with van der Waals surface area (Å²) in [5, 5.41) is 5.19. The first-order valence-corrected chi connectivity index (χ1v) is 10.2. The molecule has 1 heterocycles. The van der Waals surface area contributed by atoms with Crippen molar-refractivity contribution in [3.63, 3.8) is 0 Å². The molecule has 3 amide bonds. The number of thioether (sulfide) groups is 1. The zero-order valence-corrected chi connectivity index (χ0v) is 16.9. The van der Waals surface area contributed by atoms with Crippen LogP contribution in [0, 0.1) is 5.82 Å². The van der Waals surface area contributed by atoms with Crippen molar-refractivity contribution >= 4 is 29.4 Å². The molecule has 8 heteroatoms. The summed E-state index contributed by atoms with van der Waals surface area (Å²) in [6, 6.07) is 15.6. The summed E-state index contributed by atoms with van der Waals surface area (Å²) in [5.41, 5.74) is 7.12. The van der Waals surface area contributed by atoms with Gasteiger partial charge in [-0.25, -0.2) is 9.18 Å². The van der Waals surface area contributed by atoms with Gasteiger partial charge in [0, 0.05) is 34.3 Å². The Balaban J connectivity index is 1.58. The number of hydrogen-bond donors (Lipinski definition) is 3. The number of nitrogens with one attached hydrogen (secondary N) is 2. The molecule has 0 aliphatic heterocycles. The maximum Gasteiger partial charge on any atom is 0.312 e. The molecule has 0 aliphatic carbocycles. The third-order valence-electron chi connectivity index (χ3n) is 4.25. The first-order valence-electron chi connectivity index (χ1n) is 9.23. The van der Waals surface area contributed by atoms with Crippen molar-refractivity contribution in [2.24, 2.45) is 5.73 Å². The maximum absolute atomic E-state index is 14.1. The number of pyridine rings is 1. The predicted octanol–water partition coefficient (Wildman–Crippen LogP) is 4.25. The predicted molar refractivity (Wildman–Crippen MR) is 115 cm³/mol. The number of anilines is 1. The van der Waals surface area contributed by atoms with Crippen LogP contribution in [-0.2, 0) is 10.5 Å². The molecular weight excluding hydrogens is 403 g/mol. The molecule has 0 saturated heterocycles. The normalized spacial score (nSPS) is 11.5. The van der Waals surface area contributed by atoms with E-state index in [9.17, 15) is 14.0 Å². The minimum absolute atomic E-state index is 0.151. The molecule has 3 rings (SSSR count). The van der Waals surface area contributed by atoms with E-state index in [1.54, 1.807) is 36.2 Å². The molecular formula is C22H21FN4O2S. The highest BCUT2D eigenvalue weighted by Gasteiger charge is 2.20. The van der Waals surface area contributed by atoms with E-state index in [1.165, 1.54) is 18.2 Å².